The summed E-state index contributed by atoms with van der Waals surface area (Å²) in [6.07, 6.45) is 3.74. The topological polar surface area (TPSA) is 135 Å². The van der Waals surface area contributed by atoms with E-state index in [9.17, 15) is 28.1 Å². The fourth-order valence-electron chi connectivity index (χ4n) is 4.06. The third-order valence-corrected chi connectivity index (χ3v) is 8.51. The summed E-state index contributed by atoms with van der Waals surface area (Å²) in [6.45, 7) is 0. The van der Waals surface area contributed by atoms with Crippen LogP contribution in [0.2, 0.25) is 0 Å². The first-order chi connectivity index (χ1) is 14.7. The van der Waals surface area contributed by atoms with Crippen molar-refractivity contribution in [1.82, 2.24) is 5.32 Å². The van der Waals surface area contributed by atoms with E-state index in [1.54, 1.807) is 0 Å². The lowest BCUT2D eigenvalue weighted by molar-refractivity contribution is -0.385. The Balaban J connectivity index is 1.64. The smallest absolute Gasteiger partial charge is 0.282 e. The average molecular weight is 464 g/mol. The molecule has 1 saturated heterocycles. The van der Waals surface area contributed by atoms with Gasteiger partial charge in [-0.05, 0) is 43.7 Å². The molecule has 1 fully saturated rings. The van der Waals surface area contributed by atoms with Crippen LogP contribution < -0.4 is 10.6 Å². The van der Waals surface area contributed by atoms with Crippen molar-refractivity contribution in [2.45, 2.75) is 38.1 Å². The molecule has 0 radical (unpaired) electrons. The third kappa shape index (κ3) is 4.47. The van der Waals surface area contributed by atoms with Crippen LogP contribution in [0.1, 0.15) is 50.4 Å². The highest BCUT2D eigenvalue weighted by Crippen LogP contribution is 2.38. The minimum atomic E-state index is -3.15. The first-order valence-corrected chi connectivity index (χ1v) is 12.6. The van der Waals surface area contributed by atoms with Crippen LogP contribution in [0.4, 0.5) is 10.7 Å². The summed E-state index contributed by atoms with van der Waals surface area (Å²) in [5, 5.41) is 17.1. The molecule has 1 atom stereocenters. The number of anilines is 1. The van der Waals surface area contributed by atoms with E-state index < -0.39 is 32.6 Å². The van der Waals surface area contributed by atoms with Crippen molar-refractivity contribution in [1.29, 1.82) is 0 Å². The van der Waals surface area contributed by atoms with Gasteiger partial charge < -0.3 is 10.6 Å². The number of benzene rings is 1. The molecule has 2 N–H and O–H groups in total. The number of carbonyl (C=O) groups excluding carboxylic acids is 2. The number of carbonyl (C=O) groups is 2. The van der Waals surface area contributed by atoms with Crippen molar-refractivity contribution < 1.29 is 22.9 Å². The number of hydrogen-bond acceptors (Lipinski definition) is 7. The van der Waals surface area contributed by atoms with Gasteiger partial charge in [0.2, 0.25) is 0 Å². The maximum atomic E-state index is 13.1. The van der Waals surface area contributed by atoms with Crippen LogP contribution in [-0.4, -0.2) is 42.7 Å². The summed E-state index contributed by atoms with van der Waals surface area (Å²) in [5.41, 5.74) is 0.805. The molecule has 2 aliphatic rings. The monoisotopic (exact) mass is 463 g/mol. The number of fused-ring (bicyclic) bond motifs is 1. The number of nitro groups is 1. The number of nitrogens with one attached hydrogen (secondary N) is 2. The Morgan fingerprint density at radius 2 is 1.87 bits per heavy atom. The van der Waals surface area contributed by atoms with Gasteiger partial charge in [-0.3, -0.25) is 19.7 Å². The molecule has 0 spiro atoms. The molecule has 9 nitrogen and oxygen atoms in total. The molecule has 31 heavy (non-hydrogen) atoms. The summed E-state index contributed by atoms with van der Waals surface area (Å²) < 4.78 is 23.5. The number of thiophene rings is 1. The number of aryl methyl sites for hydroxylation is 1. The average Bonchev–Trinajstić information content (AvgIpc) is 3.26. The number of rotatable bonds is 5. The molecular weight excluding hydrogens is 442 g/mol. The number of amides is 2. The minimum absolute atomic E-state index is 0.0426. The Hall–Kier alpha value is -2.79. The highest BCUT2D eigenvalue weighted by Gasteiger charge is 2.32. The molecule has 11 heteroatoms. The standard InChI is InChI=1S/C20H21N3O6S2/c24-18(13-5-1-3-7-15(13)23(26)27)22-20-17(14-6-2-4-8-16(14)30-20)19(25)21-12-9-10-31(28,29)11-12/h1,3,5,7,12H,2,4,6,8-11H2,(H,21,25)(H,22,24)/t12-/m0/s1. The number of para-hydroxylation sites is 1. The lowest BCUT2D eigenvalue weighted by Crippen LogP contribution is -2.36. The van der Waals surface area contributed by atoms with Gasteiger partial charge >= 0.3 is 0 Å². The zero-order valence-electron chi connectivity index (χ0n) is 16.5. The molecule has 1 aromatic carbocycles. The fraction of sp³-hybridized carbons (Fsp3) is 0.400. The Bertz CT molecular complexity index is 1170. The maximum Gasteiger partial charge on any atom is 0.282 e. The van der Waals surface area contributed by atoms with E-state index in [0.29, 0.717) is 23.4 Å². The maximum absolute atomic E-state index is 13.1. The molecule has 0 bridgehead atoms. The van der Waals surface area contributed by atoms with Gasteiger partial charge in [0.25, 0.3) is 17.5 Å². The van der Waals surface area contributed by atoms with E-state index in [2.05, 4.69) is 10.6 Å². The van der Waals surface area contributed by atoms with Crippen LogP contribution >= 0.6 is 11.3 Å². The van der Waals surface area contributed by atoms with Crippen LogP contribution in [-0.2, 0) is 22.7 Å². The van der Waals surface area contributed by atoms with Crippen molar-refractivity contribution in [3.8, 4) is 0 Å². The number of sulfone groups is 1. The van der Waals surface area contributed by atoms with Crippen LogP contribution in [0.5, 0.6) is 0 Å². The molecule has 164 valence electrons. The van der Waals surface area contributed by atoms with Gasteiger partial charge in [0, 0.05) is 17.0 Å². The van der Waals surface area contributed by atoms with E-state index in [-0.39, 0.29) is 22.8 Å². The SMILES string of the molecule is O=C(Nc1sc2c(c1C(=O)N[C@H]1CCS(=O)(=O)C1)CCCC2)c1ccccc1[N+](=O)[O-]. The summed E-state index contributed by atoms with van der Waals surface area (Å²) in [4.78, 5) is 37.6. The molecule has 2 aromatic rings. The van der Waals surface area contributed by atoms with Gasteiger partial charge in [0.1, 0.15) is 10.6 Å². The van der Waals surface area contributed by atoms with E-state index in [1.807, 2.05) is 0 Å². The second-order valence-corrected chi connectivity index (χ2v) is 11.1. The molecule has 1 aliphatic carbocycles. The fourth-order valence-corrected chi connectivity index (χ4v) is 7.01. The molecule has 2 heterocycles. The molecule has 1 aliphatic heterocycles. The van der Waals surface area contributed by atoms with Gasteiger partial charge in [-0.1, -0.05) is 12.1 Å². The van der Waals surface area contributed by atoms with Crippen LogP contribution in [0.25, 0.3) is 0 Å². The molecular formula is C20H21N3O6S2. The summed E-state index contributed by atoms with van der Waals surface area (Å²) >= 11 is 1.30. The van der Waals surface area contributed by atoms with Crippen molar-refractivity contribution in [3.63, 3.8) is 0 Å². The van der Waals surface area contributed by atoms with E-state index in [1.165, 1.54) is 35.6 Å². The molecule has 4 rings (SSSR count). The Morgan fingerprint density at radius 1 is 1.13 bits per heavy atom. The predicted octanol–water partition coefficient (Wildman–Crippen LogP) is 2.70. The van der Waals surface area contributed by atoms with Crippen LogP contribution in [0, 0.1) is 10.1 Å². The van der Waals surface area contributed by atoms with Gasteiger partial charge in [-0.25, -0.2) is 8.42 Å². The third-order valence-electron chi connectivity index (χ3n) is 5.54. The van der Waals surface area contributed by atoms with Gasteiger partial charge in [0.05, 0.1) is 22.0 Å². The van der Waals surface area contributed by atoms with Crippen molar-refractivity contribution in [3.05, 3.63) is 55.9 Å². The summed E-state index contributed by atoms with van der Waals surface area (Å²) in [5.74, 6) is -1.13. The summed E-state index contributed by atoms with van der Waals surface area (Å²) in [6, 6.07) is 5.17. The quantitative estimate of drug-likeness (QED) is 0.517. The zero-order chi connectivity index (χ0) is 22.2. The van der Waals surface area contributed by atoms with Gasteiger partial charge in [-0.15, -0.1) is 11.3 Å². The van der Waals surface area contributed by atoms with Gasteiger partial charge in [0.15, 0.2) is 9.84 Å². The lowest BCUT2D eigenvalue weighted by Gasteiger charge is -2.15. The largest absolute Gasteiger partial charge is 0.348 e. The van der Waals surface area contributed by atoms with Crippen molar-refractivity contribution >= 4 is 43.7 Å². The minimum Gasteiger partial charge on any atom is -0.348 e. The van der Waals surface area contributed by atoms with Crippen molar-refractivity contribution in [2.75, 3.05) is 16.8 Å². The predicted molar refractivity (Wildman–Crippen MR) is 117 cm³/mol. The molecule has 1 aromatic heterocycles. The Morgan fingerprint density at radius 3 is 2.58 bits per heavy atom. The zero-order valence-corrected chi connectivity index (χ0v) is 18.2. The van der Waals surface area contributed by atoms with Gasteiger partial charge in [-0.2, -0.15) is 0 Å². The van der Waals surface area contributed by atoms with E-state index >= 15 is 0 Å². The number of nitrogens with zero attached hydrogens (tertiary/aromatic N) is 1. The first-order valence-electron chi connectivity index (χ1n) is 9.96. The Labute approximate surface area is 182 Å². The van der Waals surface area contributed by atoms with E-state index in [4.69, 9.17) is 0 Å². The van der Waals surface area contributed by atoms with Crippen molar-refractivity contribution in [2.24, 2.45) is 0 Å². The second kappa shape index (κ2) is 8.39. The number of nitro benzene ring substituents is 1. The van der Waals surface area contributed by atoms with Crippen LogP contribution in [0.3, 0.4) is 0 Å². The molecule has 0 saturated carbocycles. The first kappa shape index (κ1) is 21.4. The molecule has 2 amide bonds. The van der Waals surface area contributed by atoms with E-state index in [0.717, 1.165) is 29.7 Å². The highest BCUT2D eigenvalue weighted by atomic mass is 32.2. The Kier molecular flexibility index (Phi) is 5.80. The second-order valence-electron chi connectivity index (χ2n) is 7.72. The normalized spacial score (nSPS) is 19.4. The lowest BCUT2D eigenvalue weighted by atomic mass is 9.95. The highest BCUT2D eigenvalue weighted by molar-refractivity contribution is 7.91. The summed E-state index contributed by atoms with van der Waals surface area (Å²) in [7, 11) is -3.15. The molecule has 0 unspecified atom stereocenters. The number of hydrogen-bond donors (Lipinski definition) is 2. The van der Waals surface area contributed by atoms with Crippen LogP contribution in [0.15, 0.2) is 24.3 Å².